The van der Waals surface area contributed by atoms with Gasteiger partial charge in [-0.2, -0.15) is 35.5 Å². The van der Waals surface area contributed by atoms with Crippen LogP contribution in [0.15, 0.2) is 114 Å². The minimum atomic E-state index is -5.05. The minimum Gasteiger partial charge on any atom is -0.505 e. The Morgan fingerprint density at radius 1 is 0.526 bits per heavy atom. The van der Waals surface area contributed by atoms with E-state index in [-0.39, 0.29) is 116 Å². The molecule has 9 N–H and O–H groups in total. The van der Waals surface area contributed by atoms with Gasteiger partial charge in [0.2, 0.25) is 0 Å². The number of benzene rings is 6. The van der Waals surface area contributed by atoms with Crippen molar-refractivity contribution in [1.82, 2.24) is 0 Å². The largest absolute Gasteiger partial charge is 0.505 e. The average Bonchev–Trinajstić information content (AvgIpc) is 3.07. The van der Waals surface area contributed by atoms with Gasteiger partial charge in [0.15, 0.2) is 11.5 Å². The molecule has 23 heteroatoms. The fourth-order valence-electron chi connectivity index (χ4n) is 5.69. The maximum Gasteiger partial charge on any atom is 0.296 e. The van der Waals surface area contributed by atoms with Gasteiger partial charge in [0, 0.05) is 111 Å². The standard InChI is InChI=1S/C34H28N6O11S3.3Na/c1-16-9-18(4-7-26(16)37-39-31-28(53(46,47)48)12-20-3-6-22(35)14-24(20)33(31)41)19-5-8-27(17(2)10-19)38-40-32-29(54(49,50)51)13-21-11-23(52(43,44)45)15-25(36)30(21)34(32)42;;;/h3-15,41-42H,35-36H2,1-2H3,(H,43,44,45)(H,46,47,48)(H,49,50,51);;;. The van der Waals surface area contributed by atoms with Crippen molar-refractivity contribution in [3.63, 3.8) is 0 Å². The van der Waals surface area contributed by atoms with E-state index >= 15 is 0 Å². The Labute approximate surface area is 392 Å². The summed E-state index contributed by atoms with van der Waals surface area (Å²) in [4.78, 5) is -2.22. The number of nitrogens with two attached hydrogens (primary N) is 2. The van der Waals surface area contributed by atoms with Crippen LogP contribution in [0.4, 0.5) is 34.1 Å². The first-order valence-electron chi connectivity index (χ1n) is 15.3. The Morgan fingerprint density at radius 2 is 1.00 bits per heavy atom. The molecule has 281 valence electrons. The number of aromatic hydroxyl groups is 2. The summed E-state index contributed by atoms with van der Waals surface area (Å²) in [6.07, 6.45) is 0. The van der Waals surface area contributed by atoms with E-state index < -0.39 is 67.9 Å². The monoisotopic (exact) mass is 861 g/mol. The zero-order valence-corrected chi connectivity index (χ0v) is 39.3. The molecule has 0 saturated heterocycles. The normalized spacial score (nSPS) is 12.1. The molecular formula is C34H28N6Na3O11S3. The second-order valence-electron chi connectivity index (χ2n) is 12.1. The van der Waals surface area contributed by atoms with Crippen LogP contribution in [0.1, 0.15) is 11.1 Å². The molecule has 0 aliphatic carbocycles. The van der Waals surface area contributed by atoms with E-state index in [1.165, 1.54) is 18.2 Å². The van der Waals surface area contributed by atoms with Gasteiger partial charge in [-0.15, -0.1) is 10.2 Å². The summed E-state index contributed by atoms with van der Waals surface area (Å²) < 4.78 is 101. The van der Waals surface area contributed by atoms with Crippen LogP contribution in [0, 0.1) is 13.8 Å². The molecule has 0 atom stereocenters. The van der Waals surface area contributed by atoms with Gasteiger partial charge in [-0.3, -0.25) is 13.7 Å². The summed E-state index contributed by atoms with van der Waals surface area (Å²) in [5, 5.41) is 38.0. The minimum absolute atomic E-state index is 0. The van der Waals surface area contributed by atoms with Crippen molar-refractivity contribution in [2.24, 2.45) is 20.5 Å². The number of phenols is 2. The number of azo groups is 2. The molecule has 0 spiro atoms. The van der Waals surface area contributed by atoms with E-state index in [1.807, 2.05) is 0 Å². The summed E-state index contributed by atoms with van der Waals surface area (Å²) in [6.45, 7) is 3.40. The number of phenolic OH excluding ortho intramolecular Hbond substituents is 2. The molecule has 0 aliphatic rings. The van der Waals surface area contributed by atoms with E-state index in [9.17, 15) is 49.1 Å². The second kappa shape index (κ2) is 18.1. The zero-order valence-electron chi connectivity index (χ0n) is 30.9. The molecule has 0 amide bonds. The van der Waals surface area contributed by atoms with Crippen LogP contribution >= 0.6 is 0 Å². The molecule has 0 aliphatic heterocycles. The topological polar surface area (TPSA) is 305 Å². The number of nitrogen functional groups attached to an aromatic ring is 2. The number of aryl methyl sites for hydroxylation is 2. The first-order valence-corrected chi connectivity index (χ1v) is 19.6. The third-order valence-electron chi connectivity index (χ3n) is 8.33. The van der Waals surface area contributed by atoms with Crippen LogP contribution in [0.25, 0.3) is 32.7 Å². The van der Waals surface area contributed by atoms with Crippen LogP contribution in [-0.2, 0) is 30.4 Å². The number of hydrogen-bond donors (Lipinski definition) is 7. The van der Waals surface area contributed by atoms with Gasteiger partial charge in [0.25, 0.3) is 30.4 Å². The predicted molar refractivity (Wildman–Crippen MR) is 216 cm³/mol. The second-order valence-corrected chi connectivity index (χ2v) is 16.3. The smallest absolute Gasteiger partial charge is 0.296 e. The van der Waals surface area contributed by atoms with E-state index in [0.717, 1.165) is 24.3 Å². The third-order valence-corrected chi connectivity index (χ3v) is 10.9. The maximum absolute atomic E-state index is 12.3. The van der Waals surface area contributed by atoms with Crippen molar-refractivity contribution in [3.8, 4) is 22.6 Å². The number of fused-ring (bicyclic) bond motifs is 2. The van der Waals surface area contributed by atoms with Crippen molar-refractivity contribution in [1.29, 1.82) is 0 Å². The van der Waals surface area contributed by atoms with Gasteiger partial charge in [-0.1, -0.05) is 18.2 Å². The summed E-state index contributed by atoms with van der Waals surface area (Å²) >= 11 is 0. The first-order chi connectivity index (χ1) is 25.1. The molecule has 0 heterocycles. The molecule has 6 aromatic rings. The van der Waals surface area contributed by atoms with Gasteiger partial charge in [0.1, 0.15) is 21.2 Å². The molecule has 0 fully saturated rings. The molecule has 0 saturated carbocycles. The van der Waals surface area contributed by atoms with Crippen molar-refractivity contribution >= 4 is 175 Å². The van der Waals surface area contributed by atoms with Gasteiger partial charge < -0.3 is 21.7 Å². The van der Waals surface area contributed by atoms with E-state index in [1.54, 1.807) is 50.2 Å². The van der Waals surface area contributed by atoms with Crippen LogP contribution in [0.5, 0.6) is 11.5 Å². The Bertz CT molecular complexity index is 3000. The van der Waals surface area contributed by atoms with Crippen molar-refractivity contribution in [2.45, 2.75) is 28.5 Å². The molecule has 17 nitrogen and oxygen atoms in total. The van der Waals surface area contributed by atoms with Gasteiger partial charge in [0.05, 0.1) is 16.3 Å². The molecular weight excluding hydrogens is 834 g/mol. The molecule has 3 radical (unpaired) electrons. The summed E-state index contributed by atoms with van der Waals surface area (Å²) in [6, 6.07) is 18.2. The average molecular weight is 862 g/mol. The van der Waals surface area contributed by atoms with E-state index in [0.29, 0.717) is 39.0 Å². The summed E-state index contributed by atoms with van der Waals surface area (Å²) in [5.74, 6) is -1.36. The first kappa shape index (κ1) is 48.3. The molecule has 0 unspecified atom stereocenters. The Balaban J connectivity index is 0.00000290. The van der Waals surface area contributed by atoms with Crippen LogP contribution in [0.2, 0.25) is 0 Å². The predicted octanol–water partition coefficient (Wildman–Crippen LogP) is 6.28. The fraction of sp³-hybridized carbons (Fsp3) is 0.0588. The molecule has 0 aromatic heterocycles. The van der Waals surface area contributed by atoms with Crippen LogP contribution < -0.4 is 11.5 Å². The van der Waals surface area contributed by atoms with E-state index in [4.69, 9.17) is 11.5 Å². The van der Waals surface area contributed by atoms with Crippen molar-refractivity contribution in [3.05, 3.63) is 90.0 Å². The van der Waals surface area contributed by atoms with Crippen LogP contribution in [-0.4, -0.2) is 138 Å². The Morgan fingerprint density at radius 3 is 1.46 bits per heavy atom. The van der Waals surface area contributed by atoms with Gasteiger partial charge in [-0.05, 0) is 108 Å². The zero-order chi connectivity index (χ0) is 39.5. The van der Waals surface area contributed by atoms with Gasteiger partial charge in [-0.25, -0.2) is 0 Å². The summed E-state index contributed by atoms with van der Waals surface area (Å²) in [5.41, 5.74) is 13.7. The third kappa shape index (κ3) is 10.2. The Kier molecular flexibility index (Phi) is 15.3. The van der Waals surface area contributed by atoms with E-state index in [2.05, 4.69) is 20.5 Å². The molecule has 57 heavy (non-hydrogen) atoms. The van der Waals surface area contributed by atoms with Crippen molar-refractivity contribution in [2.75, 3.05) is 11.5 Å². The Hall–Kier alpha value is -3.03. The SMILES string of the molecule is Cc1cc(-c2ccc(N=Nc3c(S(=O)(=O)O)cc4cc(S(=O)(=O)O)cc(N)c4c3O)c(C)c2)ccc1N=Nc1c(S(=O)(=O)O)cc2ccc(N)cc2c1O.[Na].[Na].[Na]. The quantitative estimate of drug-likeness (QED) is 0.0384. The molecule has 6 rings (SSSR count). The fourth-order valence-corrected chi connectivity index (χ4v) is 7.55. The summed E-state index contributed by atoms with van der Waals surface area (Å²) in [7, 11) is -14.6. The van der Waals surface area contributed by atoms with Crippen molar-refractivity contribution < 1.29 is 49.1 Å². The van der Waals surface area contributed by atoms with Crippen LogP contribution in [0.3, 0.4) is 0 Å². The molecule has 0 bridgehead atoms. The number of nitrogens with zero attached hydrogens (tertiary/aromatic N) is 4. The number of anilines is 2. The number of hydrogen-bond acceptors (Lipinski definition) is 14. The maximum atomic E-state index is 12.3. The number of rotatable bonds is 8. The van der Waals surface area contributed by atoms with Gasteiger partial charge >= 0.3 is 0 Å². The molecule has 6 aromatic carbocycles.